The lowest BCUT2D eigenvalue weighted by Gasteiger charge is -2.12. The number of rotatable bonds is 5. The maximum Gasteiger partial charge on any atom is 0.191 e. The summed E-state index contributed by atoms with van der Waals surface area (Å²) in [4.78, 5) is 8.54. The SMILES string of the molecule is CN=C(NCCc1ccccn1)NCc1cccc(C)c1. The molecular weight excluding hydrogens is 260 g/mol. The lowest BCUT2D eigenvalue weighted by molar-refractivity contribution is 0.784. The maximum atomic E-state index is 4.30. The van der Waals surface area contributed by atoms with Crippen molar-refractivity contribution in [1.29, 1.82) is 0 Å². The van der Waals surface area contributed by atoms with E-state index in [1.807, 2.05) is 24.4 Å². The first-order valence-electron chi connectivity index (χ1n) is 7.18. The number of aromatic nitrogens is 1. The smallest absolute Gasteiger partial charge is 0.191 e. The first-order valence-corrected chi connectivity index (χ1v) is 7.18. The van der Waals surface area contributed by atoms with Crippen LogP contribution in [-0.4, -0.2) is 24.5 Å². The van der Waals surface area contributed by atoms with Crippen LogP contribution in [0, 0.1) is 6.92 Å². The number of hydrogen-bond donors (Lipinski definition) is 2. The summed E-state index contributed by atoms with van der Waals surface area (Å²) in [6.07, 6.45) is 2.70. The highest BCUT2D eigenvalue weighted by Crippen LogP contribution is 2.03. The van der Waals surface area contributed by atoms with Crippen LogP contribution in [0.3, 0.4) is 0 Å². The van der Waals surface area contributed by atoms with Gasteiger partial charge in [0.1, 0.15) is 0 Å². The highest BCUT2D eigenvalue weighted by Gasteiger charge is 1.99. The van der Waals surface area contributed by atoms with Gasteiger partial charge in [-0.05, 0) is 24.6 Å². The van der Waals surface area contributed by atoms with Gasteiger partial charge in [0.05, 0.1) is 0 Å². The Morgan fingerprint density at radius 1 is 1.14 bits per heavy atom. The van der Waals surface area contributed by atoms with E-state index in [0.717, 1.165) is 31.2 Å². The van der Waals surface area contributed by atoms with Crippen molar-refractivity contribution in [3.63, 3.8) is 0 Å². The van der Waals surface area contributed by atoms with E-state index in [2.05, 4.69) is 51.8 Å². The third kappa shape index (κ3) is 5.26. The quantitative estimate of drug-likeness (QED) is 0.653. The van der Waals surface area contributed by atoms with Crippen LogP contribution in [0.5, 0.6) is 0 Å². The third-order valence-electron chi connectivity index (χ3n) is 3.17. The van der Waals surface area contributed by atoms with E-state index in [0.29, 0.717) is 0 Å². The third-order valence-corrected chi connectivity index (χ3v) is 3.17. The van der Waals surface area contributed by atoms with Crippen LogP contribution in [0.2, 0.25) is 0 Å². The van der Waals surface area contributed by atoms with E-state index < -0.39 is 0 Å². The van der Waals surface area contributed by atoms with E-state index in [9.17, 15) is 0 Å². The zero-order chi connectivity index (χ0) is 14.9. The molecule has 0 amide bonds. The van der Waals surface area contributed by atoms with E-state index in [4.69, 9.17) is 0 Å². The summed E-state index contributed by atoms with van der Waals surface area (Å²) >= 11 is 0. The monoisotopic (exact) mass is 282 g/mol. The highest BCUT2D eigenvalue weighted by atomic mass is 15.2. The average molecular weight is 282 g/mol. The molecule has 0 saturated heterocycles. The molecule has 2 rings (SSSR count). The Morgan fingerprint density at radius 3 is 2.76 bits per heavy atom. The van der Waals surface area contributed by atoms with Crippen molar-refractivity contribution in [3.8, 4) is 0 Å². The molecule has 0 bridgehead atoms. The molecular formula is C17H22N4. The molecule has 4 nitrogen and oxygen atoms in total. The van der Waals surface area contributed by atoms with Crippen molar-refractivity contribution >= 4 is 5.96 Å². The normalized spacial score (nSPS) is 11.2. The van der Waals surface area contributed by atoms with E-state index in [-0.39, 0.29) is 0 Å². The topological polar surface area (TPSA) is 49.3 Å². The molecule has 0 saturated carbocycles. The Labute approximate surface area is 126 Å². The van der Waals surface area contributed by atoms with E-state index in [1.54, 1.807) is 7.05 Å². The number of aliphatic imine (C=N–C) groups is 1. The second-order valence-electron chi connectivity index (χ2n) is 4.91. The summed E-state index contributed by atoms with van der Waals surface area (Å²) in [7, 11) is 1.78. The number of guanidine groups is 1. The average Bonchev–Trinajstić information content (AvgIpc) is 2.52. The highest BCUT2D eigenvalue weighted by molar-refractivity contribution is 5.79. The van der Waals surface area contributed by atoms with Crippen LogP contribution >= 0.6 is 0 Å². The molecule has 4 heteroatoms. The van der Waals surface area contributed by atoms with Crippen molar-refractivity contribution in [3.05, 3.63) is 65.5 Å². The molecule has 0 atom stereocenters. The lowest BCUT2D eigenvalue weighted by Crippen LogP contribution is -2.37. The molecule has 1 heterocycles. The van der Waals surface area contributed by atoms with Gasteiger partial charge in [0, 0.05) is 38.4 Å². The molecule has 1 aromatic heterocycles. The Bertz CT molecular complexity index is 578. The number of nitrogens with zero attached hydrogens (tertiary/aromatic N) is 2. The second-order valence-corrected chi connectivity index (χ2v) is 4.91. The van der Waals surface area contributed by atoms with Gasteiger partial charge >= 0.3 is 0 Å². The summed E-state index contributed by atoms with van der Waals surface area (Å²) in [6.45, 7) is 3.68. The van der Waals surface area contributed by atoms with Gasteiger partial charge in [0.15, 0.2) is 5.96 Å². The number of pyridine rings is 1. The summed E-state index contributed by atoms with van der Waals surface area (Å²) in [5.41, 5.74) is 3.61. The molecule has 0 aliphatic carbocycles. The predicted octanol–water partition coefficient (Wildman–Crippen LogP) is 2.30. The fourth-order valence-electron chi connectivity index (χ4n) is 2.08. The van der Waals surface area contributed by atoms with Gasteiger partial charge < -0.3 is 10.6 Å². The number of hydrogen-bond acceptors (Lipinski definition) is 2. The van der Waals surface area contributed by atoms with Crippen molar-refractivity contribution in [2.75, 3.05) is 13.6 Å². The Hall–Kier alpha value is -2.36. The van der Waals surface area contributed by atoms with Crippen LogP contribution in [0.4, 0.5) is 0 Å². The van der Waals surface area contributed by atoms with Crippen molar-refractivity contribution in [2.24, 2.45) is 4.99 Å². The van der Waals surface area contributed by atoms with Gasteiger partial charge in [-0.15, -0.1) is 0 Å². The zero-order valence-electron chi connectivity index (χ0n) is 12.6. The minimum absolute atomic E-state index is 0.769. The van der Waals surface area contributed by atoms with Gasteiger partial charge in [-0.25, -0.2) is 0 Å². The molecule has 21 heavy (non-hydrogen) atoms. The van der Waals surface area contributed by atoms with Gasteiger partial charge in [-0.2, -0.15) is 0 Å². The standard InChI is InChI=1S/C17H22N4/c1-14-6-5-7-15(12-14)13-21-17(18-2)20-11-9-16-8-3-4-10-19-16/h3-8,10,12H,9,11,13H2,1-2H3,(H2,18,20,21). The summed E-state index contributed by atoms with van der Waals surface area (Å²) in [5.74, 6) is 0.812. The van der Waals surface area contributed by atoms with Crippen molar-refractivity contribution in [1.82, 2.24) is 15.6 Å². The number of aryl methyl sites for hydroxylation is 1. The van der Waals surface area contributed by atoms with Crippen LogP contribution in [-0.2, 0) is 13.0 Å². The fourth-order valence-corrected chi connectivity index (χ4v) is 2.08. The van der Waals surface area contributed by atoms with Gasteiger partial charge in [0.2, 0.25) is 0 Å². The summed E-state index contributed by atoms with van der Waals surface area (Å²) in [5, 5.41) is 6.62. The van der Waals surface area contributed by atoms with Gasteiger partial charge in [0.25, 0.3) is 0 Å². The first kappa shape index (κ1) is 15.0. The van der Waals surface area contributed by atoms with Crippen molar-refractivity contribution in [2.45, 2.75) is 19.9 Å². The number of benzene rings is 1. The molecule has 2 N–H and O–H groups in total. The molecule has 0 unspecified atom stereocenters. The largest absolute Gasteiger partial charge is 0.356 e. The zero-order valence-corrected chi connectivity index (χ0v) is 12.6. The molecule has 2 aromatic rings. The predicted molar refractivity (Wildman–Crippen MR) is 87.3 cm³/mol. The van der Waals surface area contributed by atoms with Gasteiger partial charge in [-0.3, -0.25) is 9.98 Å². The first-order chi connectivity index (χ1) is 10.3. The lowest BCUT2D eigenvalue weighted by atomic mass is 10.1. The Kier molecular flexibility index (Phi) is 5.76. The van der Waals surface area contributed by atoms with Crippen LogP contribution in [0.15, 0.2) is 53.7 Å². The van der Waals surface area contributed by atoms with Gasteiger partial charge in [-0.1, -0.05) is 35.9 Å². The van der Waals surface area contributed by atoms with Crippen LogP contribution in [0.1, 0.15) is 16.8 Å². The molecule has 0 spiro atoms. The Morgan fingerprint density at radius 2 is 2.05 bits per heavy atom. The van der Waals surface area contributed by atoms with Crippen LogP contribution < -0.4 is 10.6 Å². The second kappa shape index (κ2) is 8.04. The van der Waals surface area contributed by atoms with E-state index >= 15 is 0 Å². The molecule has 0 fully saturated rings. The van der Waals surface area contributed by atoms with E-state index in [1.165, 1.54) is 11.1 Å². The summed E-state index contributed by atoms with van der Waals surface area (Å²) in [6, 6.07) is 14.4. The molecule has 1 aromatic carbocycles. The Balaban J connectivity index is 1.76. The molecule has 0 aliphatic rings. The molecule has 0 radical (unpaired) electrons. The van der Waals surface area contributed by atoms with Crippen molar-refractivity contribution < 1.29 is 0 Å². The number of nitrogens with one attached hydrogen (secondary N) is 2. The minimum atomic E-state index is 0.769. The minimum Gasteiger partial charge on any atom is -0.356 e. The van der Waals surface area contributed by atoms with Crippen LogP contribution in [0.25, 0.3) is 0 Å². The maximum absolute atomic E-state index is 4.30. The fraction of sp³-hybridized carbons (Fsp3) is 0.294. The molecule has 110 valence electrons. The summed E-state index contributed by atoms with van der Waals surface area (Å²) < 4.78 is 0. The molecule has 0 aliphatic heterocycles.